The van der Waals surface area contributed by atoms with E-state index in [1.807, 2.05) is 13.8 Å². The van der Waals surface area contributed by atoms with E-state index < -0.39 is 0 Å². The van der Waals surface area contributed by atoms with Gasteiger partial charge in [0.2, 0.25) is 0 Å². The van der Waals surface area contributed by atoms with Crippen LogP contribution in [0.3, 0.4) is 0 Å². The fourth-order valence-corrected chi connectivity index (χ4v) is 2.08. The number of carbonyl (C=O) groups is 2. The molecule has 0 saturated heterocycles. The Hall–Kier alpha value is -2.08. The highest BCUT2D eigenvalue weighted by Crippen LogP contribution is 2.17. The van der Waals surface area contributed by atoms with Gasteiger partial charge in [-0.25, -0.2) is 0 Å². The summed E-state index contributed by atoms with van der Waals surface area (Å²) in [5, 5.41) is 5.59. The summed E-state index contributed by atoms with van der Waals surface area (Å²) in [6.45, 7) is 3.95. The van der Waals surface area contributed by atoms with Crippen LogP contribution in [0.25, 0.3) is 0 Å². The van der Waals surface area contributed by atoms with Crippen LogP contribution in [0.1, 0.15) is 41.2 Å². The summed E-state index contributed by atoms with van der Waals surface area (Å²) < 4.78 is 5.67. The number of halogens is 1. The molecular weight excluding hydrogens is 348 g/mol. The minimum atomic E-state index is -0.370. The molecule has 0 aliphatic carbocycles. The number of carbonyl (C=O) groups excluding carboxylic acids is 2. The van der Waals surface area contributed by atoms with E-state index in [0.29, 0.717) is 15.9 Å². The normalized spacial score (nSPS) is 11.8. The summed E-state index contributed by atoms with van der Waals surface area (Å²) in [6, 6.07) is 10.1. The molecule has 1 aromatic carbocycles. The van der Waals surface area contributed by atoms with Crippen molar-refractivity contribution in [1.29, 1.82) is 0 Å². The minimum Gasteiger partial charge on any atom is -0.444 e. The van der Waals surface area contributed by atoms with E-state index in [2.05, 4.69) is 26.6 Å². The van der Waals surface area contributed by atoms with Gasteiger partial charge in [-0.15, -0.1) is 0 Å². The molecule has 0 aliphatic rings. The van der Waals surface area contributed by atoms with Crippen LogP contribution in [-0.2, 0) is 0 Å². The molecule has 0 bridgehead atoms. The summed E-state index contributed by atoms with van der Waals surface area (Å²) in [5.74, 6) is -0.335. The van der Waals surface area contributed by atoms with Gasteiger partial charge in [0.05, 0.1) is 0 Å². The first kappa shape index (κ1) is 16.3. The van der Waals surface area contributed by atoms with Crippen molar-refractivity contribution in [2.45, 2.75) is 26.3 Å². The maximum absolute atomic E-state index is 12.1. The lowest BCUT2D eigenvalue weighted by Crippen LogP contribution is -2.31. The molecule has 0 saturated carbocycles. The third-order valence-corrected chi connectivity index (χ3v) is 3.60. The number of amides is 2. The van der Waals surface area contributed by atoms with Crippen molar-refractivity contribution >= 4 is 33.4 Å². The molecule has 2 rings (SSSR count). The standard InChI is InChI=1S/C16H17BrN2O3/c1-3-10(2)18-15(20)11-5-4-6-12(9-11)19-16(21)13-7-8-14(17)22-13/h4-10H,3H2,1-2H3,(H,18,20)(H,19,21). The van der Waals surface area contributed by atoms with Crippen molar-refractivity contribution in [1.82, 2.24) is 5.32 Å². The van der Waals surface area contributed by atoms with Crippen molar-refractivity contribution in [3.8, 4) is 0 Å². The quantitative estimate of drug-likeness (QED) is 0.846. The number of rotatable bonds is 5. The predicted molar refractivity (Wildman–Crippen MR) is 88.0 cm³/mol. The van der Waals surface area contributed by atoms with Crippen LogP contribution < -0.4 is 10.6 Å². The summed E-state index contributed by atoms with van der Waals surface area (Å²) >= 11 is 3.15. The monoisotopic (exact) mass is 364 g/mol. The molecule has 116 valence electrons. The lowest BCUT2D eigenvalue weighted by atomic mass is 10.1. The van der Waals surface area contributed by atoms with E-state index in [9.17, 15) is 9.59 Å². The van der Waals surface area contributed by atoms with Gasteiger partial charge in [-0.05, 0) is 59.6 Å². The Bertz CT molecular complexity index is 682. The lowest BCUT2D eigenvalue weighted by molar-refractivity contribution is 0.0937. The first-order chi connectivity index (χ1) is 10.5. The van der Waals surface area contributed by atoms with Crippen LogP contribution in [-0.4, -0.2) is 17.9 Å². The SMILES string of the molecule is CCC(C)NC(=O)c1cccc(NC(=O)c2ccc(Br)o2)c1. The number of hydrogen-bond acceptors (Lipinski definition) is 3. The molecule has 0 spiro atoms. The number of nitrogens with one attached hydrogen (secondary N) is 2. The Morgan fingerprint density at radius 2 is 2.00 bits per heavy atom. The van der Waals surface area contributed by atoms with Gasteiger partial charge in [0, 0.05) is 17.3 Å². The Morgan fingerprint density at radius 3 is 2.64 bits per heavy atom. The van der Waals surface area contributed by atoms with Crippen molar-refractivity contribution in [3.63, 3.8) is 0 Å². The Balaban J connectivity index is 2.08. The van der Waals surface area contributed by atoms with Gasteiger partial charge in [-0.1, -0.05) is 13.0 Å². The van der Waals surface area contributed by atoms with E-state index in [-0.39, 0.29) is 23.6 Å². The molecule has 1 unspecified atom stereocenters. The van der Waals surface area contributed by atoms with Crippen molar-refractivity contribution < 1.29 is 14.0 Å². The number of furan rings is 1. The molecule has 5 nitrogen and oxygen atoms in total. The third kappa shape index (κ3) is 4.21. The van der Waals surface area contributed by atoms with Gasteiger partial charge < -0.3 is 15.1 Å². The van der Waals surface area contributed by atoms with Crippen molar-refractivity contribution in [3.05, 3.63) is 52.4 Å². The van der Waals surface area contributed by atoms with Gasteiger partial charge in [-0.3, -0.25) is 9.59 Å². The van der Waals surface area contributed by atoms with Gasteiger partial charge in [-0.2, -0.15) is 0 Å². The van der Waals surface area contributed by atoms with E-state index in [1.165, 1.54) is 0 Å². The zero-order chi connectivity index (χ0) is 16.1. The molecule has 6 heteroatoms. The van der Waals surface area contributed by atoms with Crippen LogP contribution in [0.5, 0.6) is 0 Å². The second kappa shape index (κ2) is 7.26. The Morgan fingerprint density at radius 1 is 1.23 bits per heavy atom. The molecule has 2 N–H and O–H groups in total. The van der Waals surface area contributed by atoms with E-state index in [4.69, 9.17) is 4.42 Å². The largest absolute Gasteiger partial charge is 0.444 e. The molecule has 0 fully saturated rings. The molecule has 0 aliphatic heterocycles. The van der Waals surface area contributed by atoms with E-state index in [1.54, 1.807) is 36.4 Å². The van der Waals surface area contributed by atoms with Crippen LogP contribution in [0.4, 0.5) is 5.69 Å². The fraction of sp³-hybridized carbons (Fsp3) is 0.250. The second-order valence-electron chi connectivity index (χ2n) is 4.92. The lowest BCUT2D eigenvalue weighted by Gasteiger charge is -2.12. The summed E-state index contributed by atoms with van der Waals surface area (Å²) in [4.78, 5) is 24.1. The first-order valence-corrected chi connectivity index (χ1v) is 7.76. The second-order valence-corrected chi connectivity index (χ2v) is 5.70. The third-order valence-electron chi connectivity index (χ3n) is 3.17. The molecule has 1 atom stereocenters. The van der Waals surface area contributed by atoms with E-state index in [0.717, 1.165) is 6.42 Å². The molecule has 0 radical (unpaired) electrons. The van der Waals surface area contributed by atoms with Crippen molar-refractivity contribution in [2.24, 2.45) is 0 Å². The summed E-state index contributed by atoms with van der Waals surface area (Å²) in [5.41, 5.74) is 1.04. The average Bonchev–Trinajstić information content (AvgIpc) is 2.94. The summed E-state index contributed by atoms with van der Waals surface area (Å²) in [7, 11) is 0. The molecular formula is C16H17BrN2O3. The summed E-state index contributed by atoms with van der Waals surface area (Å²) in [6.07, 6.45) is 0.857. The first-order valence-electron chi connectivity index (χ1n) is 6.97. The highest BCUT2D eigenvalue weighted by molar-refractivity contribution is 9.10. The molecule has 1 aromatic heterocycles. The Kier molecular flexibility index (Phi) is 5.38. The molecule has 1 heterocycles. The van der Waals surface area contributed by atoms with Crippen LogP contribution >= 0.6 is 15.9 Å². The molecule has 22 heavy (non-hydrogen) atoms. The van der Waals surface area contributed by atoms with E-state index >= 15 is 0 Å². The van der Waals surface area contributed by atoms with Gasteiger partial charge in [0.1, 0.15) is 0 Å². The van der Waals surface area contributed by atoms with Gasteiger partial charge in [0.25, 0.3) is 11.8 Å². The number of anilines is 1. The maximum Gasteiger partial charge on any atom is 0.291 e. The molecule has 2 amide bonds. The van der Waals surface area contributed by atoms with Gasteiger partial charge in [0.15, 0.2) is 10.4 Å². The number of hydrogen-bond donors (Lipinski definition) is 2. The smallest absolute Gasteiger partial charge is 0.291 e. The zero-order valence-corrected chi connectivity index (χ0v) is 13.9. The topological polar surface area (TPSA) is 71.3 Å². The average molecular weight is 365 g/mol. The van der Waals surface area contributed by atoms with Gasteiger partial charge >= 0.3 is 0 Å². The molecule has 2 aromatic rings. The number of benzene rings is 1. The van der Waals surface area contributed by atoms with Crippen molar-refractivity contribution in [2.75, 3.05) is 5.32 Å². The highest BCUT2D eigenvalue weighted by Gasteiger charge is 2.13. The van der Waals surface area contributed by atoms with Crippen LogP contribution in [0.2, 0.25) is 0 Å². The van der Waals surface area contributed by atoms with Crippen LogP contribution in [0.15, 0.2) is 45.5 Å². The fourth-order valence-electron chi connectivity index (χ4n) is 1.78. The Labute approximate surface area is 137 Å². The highest BCUT2D eigenvalue weighted by atomic mass is 79.9. The maximum atomic E-state index is 12.1. The minimum absolute atomic E-state index is 0.103. The predicted octanol–water partition coefficient (Wildman–Crippen LogP) is 3.82. The van der Waals surface area contributed by atoms with Crippen LogP contribution in [0, 0.1) is 0 Å². The zero-order valence-electron chi connectivity index (χ0n) is 12.4.